The van der Waals surface area contributed by atoms with E-state index in [1.54, 1.807) is 23.1 Å². The second kappa shape index (κ2) is 11.9. The molecule has 1 unspecified atom stereocenters. The van der Waals surface area contributed by atoms with Gasteiger partial charge in [-0.2, -0.15) is 0 Å². The van der Waals surface area contributed by atoms with Gasteiger partial charge in [0.25, 0.3) is 0 Å². The zero-order chi connectivity index (χ0) is 21.5. The Morgan fingerprint density at radius 2 is 1.97 bits per heavy atom. The summed E-state index contributed by atoms with van der Waals surface area (Å²) in [6, 6.07) is 9.09. The molecule has 1 atom stereocenters. The van der Waals surface area contributed by atoms with Crippen molar-refractivity contribution in [2.24, 2.45) is 4.99 Å². The van der Waals surface area contributed by atoms with E-state index in [9.17, 15) is 13.9 Å². The topological polar surface area (TPSA) is 69.1 Å². The number of guanidine groups is 1. The minimum absolute atomic E-state index is 0. The first-order chi connectivity index (χ1) is 14.5. The fraction of sp³-hybridized carbons (Fsp3) is 0.409. The summed E-state index contributed by atoms with van der Waals surface area (Å²) in [6.07, 6.45) is 0.742. The van der Waals surface area contributed by atoms with Gasteiger partial charge in [0, 0.05) is 25.7 Å². The highest BCUT2D eigenvalue weighted by atomic mass is 127. The molecule has 0 aliphatic carbocycles. The van der Waals surface area contributed by atoms with Crippen LogP contribution in [0.3, 0.4) is 0 Å². The average molecular weight is 546 g/mol. The minimum Gasteiger partial charge on any atom is -0.504 e. The summed E-state index contributed by atoms with van der Waals surface area (Å²) in [5.41, 5.74) is 0.922. The molecule has 2 aromatic carbocycles. The van der Waals surface area contributed by atoms with Gasteiger partial charge in [-0.15, -0.1) is 24.0 Å². The molecular formula is C22H29F2IN4O2. The van der Waals surface area contributed by atoms with Crippen LogP contribution in [0.15, 0.2) is 41.4 Å². The number of hydrogen-bond acceptors (Lipinski definition) is 4. The van der Waals surface area contributed by atoms with Gasteiger partial charge in [-0.25, -0.2) is 13.8 Å². The standard InChI is InChI=1S/C22H28F2N4O2.HI/c1-3-25-22(26-13-15-8-9-19(29)20(12-15)30-4-2)27-16-10-11-28(14-16)21-17(23)6-5-7-18(21)24;/h5-9,12,16,29H,3-4,10-11,13-14H2,1-2H3,(H2,25,26,27);1H. The maximum Gasteiger partial charge on any atom is 0.191 e. The quantitative estimate of drug-likeness (QED) is 0.278. The van der Waals surface area contributed by atoms with E-state index in [2.05, 4.69) is 15.6 Å². The summed E-state index contributed by atoms with van der Waals surface area (Å²) in [4.78, 5) is 6.32. The van der Waals surface area contributed by atoms with E-state index >= 15 is 0 Å². The highest BCUT2D eigenvalue weighted by Gasteiger charge is 2.27. The van der Waals surface area contributed by atoms with E-state index in [1.807, 2.05) is 13.8 Å². The predicted molar refractivity (Wildman–Crippen MR) is 130 cm³/mol. The first-order valence-electron chi connectivity index (χ1n) is 10.2. The van der Waals surface area contributed by atoms with Crippen LogP contribution in [0.5, 0.6) is 11.5 Å². The lowest BCUT2D eigenvalue weighted by Crippen LogP contribution is -2.44. The smallest absolute Gasteiger partial charge is 0.191 e. The number of nitrogens with zero attached hydrogens (tertiary/aromatic N) is 2. The molecule has 0 radical (unpaired) electrons. The van der Waals surface area contributed by atoms with Crippen molar-refractivity contribution in [3.63, 3.8) is 0 Å². The molecule has 0 saturated carbocycles. The van der Waals surface area contributed by atoms with Gasteiger partial charge in [-0.1, -0.05) is 12.1 Å². The number of rotatable bonds is 7. The summed E-state index contributed by atoms with van der Waals surface area (Å²) in [5.74, 6) is 0.0641. The van der Waals surface area contributed by atoms with Crippen molar-refractivity contribution in [1.82, 2.24) is 10.6 Å². The highest BCUT2D eigenvalue weighted by Crippen LogP contribution is 2.28. The second-order valence-corrected chi connectivity index (χ2v) is 7.08. The fourth-order valence-electron chi connectivity index (χ4n) is 3.48. The van der Waals surface area contributed by atoms with Crippen molar-refractivity contribution in [3.8, 4) is 11.5 Å². The molecule has 1 heterocycles. The van der Waals surface area contributed by atoms with Gasteiger partial charge in [-0.3, -0.25) is 0 Å². The number of anilines is 1. The van der Waals surface area contributed by atoms with Crippen molar-refractivity contribution in [2.45, 2.75) is 32.9 Å². The normalized spacial score (nSPS) is 16.1. The van der Waals surface area contributed by atoms with Crippen LogP contribution in [0.25, 0.3) is 0 Å². The largest absolute Gasteiger partial charge is 0.504 e. The Labute approximate surface area is 198 Å². The van der Waals surface area contributed by atoms with E-state index < -0.39 is 11.6 Å². The Morgan fingerprint density at radius 3 is 2.65 bits per heavy atom. The van der Waals surface area contributed by atoms with Crippen LogP contribution >= 0.6 is 24.0 Å². The van der Waals surface area contributed by atoms with E-state index in [4.69, 9.17) is 4.74 Å². The molecule has 3 N–H and O–H groups in total. The molecule has 0 aromatic heterocycles. The Balaban J connectivity index is 0.00000341. The maximum atomic E-state index is 14.1. The first kappa shape index (κ1) is 25.0. The number of phenols is 1. The molecule has 6 nitrogen and oxygen atoms in total. The van der Waals surface area contributed by atoms with Crippen molar-refractivity contribution >= 4 is 35.6 Å². The number of nitrogens with one attached hydrogen (secondary N) is 2. The zero-order valence-corrected chi connectivity index (χ0v) is 20.0. The van der Waals surface area contributed by atoms with Crippen LogP contribution in [-0.2, 0) is 6.54 Å². The lowest BCUT2D eigenvalue weighted by molar-refractivity contribution is 0.318. The van der Waals surface area contributed by atoms with Gasteiger partial charge in [0.1, 0.15) is 17.3 Å². The van der Waals surface area contributed by atoms with E-state index in [1.165, 1.54) is 18.2 Å². The first-order valence-corrected chi connectivity index (χ1v) is 10.2. The number of hydrogen-bond donors (Lipinski definition) is 3. The molecule has 0 bridgehead atoms. The number of aromatic hydroxyl groups is 1. The Morgan fingerprint density at radius 1 is 1.23 bits per heavy atom. The van der Waals surface area contributed by atoms with Crippen LogP contribution in [-0.4, -0.2) is 43.3 Å². The summed E-state index contributed by atoms with van der Waals surface area (Å²) in [7, 11) is 0. The fourth-order valence-corrected chi connectivity index (χ4v) is 3.48. The zero-order valence-electron chi connectivity index (χ0n) is 17.7. The van der Waals surface area contributed by atoms with Gasteiger partial charge >= 0.3 is 0 Å². The molecule has 0 spiro atoms. The van der Waals surface area contributed by atoms with Gasteiger partial charge in [0.2, 0.25) is 0 Å². The van der Waals surface area contributed by atoms with E-state index in [0.717, 1.165) is 12.0 Å². The number of ether oxygens (including phenoxy) is 1. The number of para-hydroxylation sites is 1. The second-order valence-electron chi connectivity index (χ2n) is 7.08. The van der Waals surface area contributed by atoms with Gasteiger partial charge in [0.15, 0.2) is 17.5 Å². The third-order valence-electron chi connectivity index (χ3n) is 4.87. The lowest BCUT2D eigenvalue weighted by atomic mass is 10.2. The molecule has 1 aliphatic heterocycles. The minimum atomic E-state index is -0.548. The van der Waals surface area contributed by atoms with E-state index in [0.29, 0.717) is 44.5 Å². The number of halogens is 3. The molecule has 170 valence electrons. The van der Waals surface area contributed by atoms with Crippen LogP contribution in [0.2, 0.25) is 0 Å². The number of benzene rings is 2. The van der Waals surface area contributed by atoms with Crippen molar-refractivity contribution in [2.75, 3.05) is 31.1 Å². The van der Waals surface area contributed by atoms with Crippen molar-refractivity contribution in [3.05, 3.63) is 53.6 Å². The Bertz CT molecular complexity index is 878. The molecule has 2 aromatic rings. The molecule has 0 amide bonds. The van der Waals surface area contributed by atoms with E-state index in [-0.39, 0.29) is 41.5 Å². The Kier molecular flexibility index (Phi) is 9.60. The molecule has 1 saturated heterocycles. The molecule has 31 heavy (non-hydrogen) atoms. The lowest BCUT2D eigenvalue weighted by Gasteiger charge is -2.21. The third kappa shape index (κ3) is 6.59. The van der Waals surface area contributed by atoms with Crippen LogP contribution in [0, 0.1) is 11.6 Å². The van der Waals surface area contributed by atoms with Gasteiger partial charge in [-0.05, 0) is 50.1 Å². The van der Waals surface area contributed by atoms with Gasteiger partial charge < -0.3 is 25.4 Å². The summed E-state index contributed by atoms with van der Waals surface area (Å²) >= 11 is 0. The third-order valence-corrected chi connectivity index (χ3v) is 4.87. The van der Waals surface area contributed by atoms with Crippen LogP contribution < -0.4 is 20.3 Å². The van der Waals surface area contributed by atoms with Gasteiger partial charge in [0.05, 0.1) is 13.2 Å². The Hall–Kier alpha value is -2.30. The van der Waals surface area contributed by atoms with Crippen LogP contribution in [0.1, 0.15) is 25.8 Å². The highest BCUT2D eigenvalue weighted by molar-refractivity contribution is 14.0. The summed E-state index contributed by atoms with van der Waals surface area (Å²) < 4.78 is 33.6. The maximum absolute atomic E-state index is 14.1. The van der Waals surface area contributed by atoms with Crippen molar-refractivity contribution < 1.29 is 18.6 Å². The number of aliphatic imine (C=N–C) groups is 1. The number of phenolic OH excluding ortho intramolecular Hbond substituents is 1. The molecule has 9 heteroatoms. The average Bonchev–Trinajstić information content (AvgIpc) is 3.16. The predicted octanol–water partition coefficient (Wildman–Crippen LogP) is 4.02. The SMILES string of the molecule is CCNC(=NCc1ccc(O)c(OCC)c1)NC1CCN(c2c(F)cccc2F)C1.I. The summed E-state index contributed by atoms with van der Waals surface area (Å²) in [6.45, 7) is 6.42. The molecule has 1 aliphatic rings. The monoisotopic (exact) mass is 546 g/mol. The molecule has 1 fully saturated rings. The molecular weight excluding hydrogens is 517 g/mol. The summed E-state index contributed by atoms with van der Waals surface area (Å²) in [5, 5.41) is 16.4. The molecule has 3 rings (SSSR count). The van der Waals surface area contributed by atoms with Crippen LogP contribution in [0.4, 0.5) is 14.5 Å². The van der Waals surface area contributed by atoms with Crippen molar-refractivity contribution in [1.29, 1.82) is 0 Å².